The fraction of sp³-hybridized carbons (Fsp3) is 0.440. The van der Waals surface area contributed by atoms with Gasteiger partial charge in [0.15, 0.2) is 11.0 Å². The van der Waals surface area contributed by atoms with Gasteiger partial charge in [-0.15, -0.1) is 10.2 Å². The van der Waals surface area contributed by atoms with Crippen LogP contribution in [0.4, 0.5) is 0 Å². The summed E-state index contributed by atoms with van der Waals surface area (Å²) in [5.74, 6) is 2.70. The molecule has 3 heterocycles. The second kappa shape index (κ2) is 9.86. The third kappa shape index (κ3) is 4.88. The Morgan fingerprint density at radius 2 is 1.84 bits per heavy atom. The van der Waals surface area contributed by atoms with Gasteiger partial charge in [0.2, 0.25) is 5.91 Å². The van der Waals surface area contributed by atoms with Gasteiger partial charge in [0.25, 0.3) is 0 Å². The van der Waals surface area contributed by atoms with Gasteiger partial charge < -0.3 is 4.90 Å². The molecule has 6 nitrogen and oxygen atoms in total. The zero-order valence-corrected chi connectivity index (χ0v) is 20.0. The van der Waals surface area contributed by atoms with Crippen molar-refractivity contribution < 1.29 is 4.79 Å². The van der Waals surface area contributed by atoms with Gasteiger partial charge in [0.05, 0.1) is 11.4 Å². The molecule has 1 aliphatic rings. The third-order valence-electron chi connectivity index (χ3n) is 5.90. The lowest BCUT2D eigenvalue weighted by atomic mass is 9.92. The van der Waals surface area contributed by atoms with Gasteiger partial charge in [0, 0.05) is 31.0 Å². The zero-order valence-electron chi connectivity index (χ0n) is 19.2. The van der Waals surface area contributed by atoms with Gasteiger partial charge in [0.1, 0.15) is 0 Å². The molecule has 0 aliphatic carbocycles. The lowest BCUT2D eigenvalue weighted by molar-refractivity contribution is -0.130. The van der Waals surface area contributed by atoms with E-state index in [1.165, 1.54) is 23.7 Å². The van der Waals surface area contributed by atoms with Crippen LogP contribution in [0.5, 0.6) is 0 Å². The Kier molecular flexibility index (Phi) is 6.94. The number of aromatic nitrogens is 4. The second-order valence-corrected chi connectivity index (χ2v) is 10.1. The van der Waals surface area contributed by atoms with Crippen LogP contribution in [-0.2, 0) is 4.79 Å². The number of likely N-dealkylation sites (tertiary alicyclic amines) is 1. The summed E-state index contributed by atoms with van der Waals surface area (Å²) in [7, 11) is 0. The molecule has 0 bridgehead atoms. The van der Waals surface area contributed by atoms with E-state index in [-0.39, 0.29) is 5.91 Å². The number of piperidine rings is 1. The number of amides is 1. The number of nitrogens with zero attached hydrogens (tertiary/aromatic N) is 5. The molecule has 1 aliphatic heterocycles. The SMILES string of the molecule is CC1CC(C)CN(C(=O)CSc2nnc(-c3cccnc3)n2-c2ccccc2C(C)C)C1. The van der Waals surface area contributed by atoms with Crippen molar-refractivity contribution in [2.24, 2.45) is 11.8 Å². The summed E-state index contributed by atoms with van der Waals surface area (Å²) in [6.45, 7) is 10.5. The highest BCUT2D eigenvalue weighted by atomic mass is 32.2. The van der Waals surface area contributed by atoms with E-state index in [1.54, 1.807) is 12.4 Å². The molecular weight excluding hydrogens is 418 g/mol. The van der Waals surface area contributed by atoms with E-state index in [4.69, 9.17) is 0 Å². The summed E-state index contributed by atoms with van der Waals surface area (Å²) >= 11 is 1.46. The number of benzene rings is 1. The van der Waals surface area contributed by atoms with E-state index in [2.05, 4.69) is 65.6 Å². The molecule has 0 radical (unpaired) electrons. The Bertz CT molecular complexity index is 1060. The van der Waals surface area contributed by atoms with Crippen LogP contribution in [0.15, 0.2) is 53.9 Å². The fourth-order valence-electron chi connectivity index (χ4n) is 4.53. The summed E-state index contributed by atoms with van der Waals surface area (Å²) in [6.07, 6.45) is 4.74. The number of para-hydroxylation sites is 1. The first-order valence-corrected chi connectivity index (χ1v) is 12.3. The van der Waals surface area contributed by atoms with Gasteiger partial charge in [-0.1, -0.05) is 57.7 Å². The van der Waals surface area contributed by atoms with Crippen LogP contribution in [0.2, 0.25) is 0 Å². The molecular formula is C25H31N5OS. The Balaban J connectivity index is 1.66. The maximum absolute atomic E-state index is 13.0. The van der Waals surface area contributed by atoms with E-state index >= 15 is 0 Å². The predicted octanol–water partition coefficient (Wildman–Crippen LogP) is 5.05. The van der Waals surface area contributed by atoms with Gasteiger partial charge in [-0.25, -0.2) is 0 Å². The standard InChI is InChI=1S/C25H31N5OS/c1-17(2)21-9-5-6-10-22(21)30-24(20-8-7-11-26-13-20)27-28-25(30)32-16-23(31)29-14-18(3)12-19(4)15-29/h5-11,13,17-19H,12,14-16H2,1-4H3. The van der Waals surface area contributed by atoms with Gasteiger partial charge in [-0.05, 0) is 47.9 Å². The van der Waals surface area contributed by atoms with Crippen molar-refractivity contribution in [1.82, 2.24) is 24.6 Å². The molecule has 3 aromatic rings. The van der Waals surface area contributed by atoms with Crippen molar-refractivity contribution in [3.05, 3.63) is 54.4 Å². The van der Waals surface area contributed by atoms with Crippen LogP contribution in [-0.4, -0.2) is 49.4 Å². The second-order valence-electron chi connectivity index (χ2n) is 9.13. The Morgan fingerprint density at radius 1 is 1.09 bits per heavy atom. The quantitative estimate of drug-likeness (QED) is 0.493. The molecule has 0 N–H and O–H groups in total. The molecule has 0 saturated carbocycles. The average Bonchev–Trinajstić information content (AvgIpc) is 3.21. The average molecular weight is 450 g/mol. The van der Waals surface area contributed by atoms with Crippen molar-refractivity contribution in [1.29, 1.82) is 0 Å². The highest BCUT2D eigenvalue weighted by molar-refractivity contribution is 7.99. The van der Waals surface area contributed by atoms with Crippen molar-refractivity contribution in [3.63, 3.8) is 0 Å². The van der Waals surface area contributed by atoms with Gasteiger partial charge >= 0.3 is 0 Å². The Labute approximate surface area is 194 Å². The van der Waals surface area contributed by atoms with Crippen LogP contribution < -0.4 is 0 Å². The van der Waals surface area contributed by atoms with Crippen molar-refractivity contribution in [2.75, 3.05) is 18.8 Å². The van der Waals surface area contributed by atoms with E-state index in [0.717, 1.165) is 35.3 Å². The summed E-state index contributed by atoms with van der Waals surface area (Å²) in [5.41, 5.74) is 3.15. The molecule has 0 spiro atoms. The highest BCUT2D eigenvalue weighted by Gasteiger charge is 2.26. The van der Waals surface area contributed by atoms with Crippen LogP contribution in [0.1, 0.15) is 45.6 Å². The highest BCUT2D eigenvalue weighted by Crippen LogP contribution is 2.32. The molecule has 1 aromatic carbocycles. The summed E-state index contributed by atoms with van der Waals surface area (Å²) < 4.78 is 2.08. The van der Waals surface area contributed by atoms with Crippen LogP contribution in [0.3, 0.4) is 0 Å². The molecule has 1 amide bonds. The van der Waals surface area contributed by atoms with E-state index in [9.17, 15) is 4.79 Å². The minimum atomic E-state index is 0.169. The van der Waals surface area contributed by atoms with Gasteiger partial charge in [-0.2, -0.15) is 0 Å². The lowest BCUT2D eigenvalue weighted by Gasteiger charge is -2.35. The van der Waals surface area contributed by atoms with Crippen LogP contribution in [0.25, 0.3) is 17.1 Å². The maximum atomic E-state index is 13.0. The van der Waals surface area contributed by atoms with Crippen LogP contribution >= 0.6 is 11.8 Å². The van der Waals surface area contributed by atoms with Crippen molar-refractivity contribution in [2.45, 2.75) is 45.2 Å². The van der Waals surface area contributed by atoms with E-state index in [1.807, 2.05) is 23.1 Å². The minimum Gasteiger partial charge on any atom is -0.341 e. The molecule has 168 valence electrons. The first-order valence-electron chi connectivity index (χ1n) is 11.3. The molecule has 7 heteroatoms. The summed E-state index contributed by atoms with van der Waals surface area (Å²) in [4.78, 5) is 19.3. The third-order valence-corrected chi connectivity index (χ3v) is 6.81. The lowest BCUT2D eigenvalue weighted by Crippen LogP contribution is -2.43. The van der Waals surface area contributed by atoms with Crippen LogP contribution in [0, 0.1) is 11.8 Å². The fourth-order valence-corrected chi connectivity index (χ4v) is 5.37. The topological polar surface area (TPSA) is 63.9 Å². The molecule has 2 atom stereocenters. The smallest absolute Gasteiger partial charge is 0.233 e. The first-order chi connectivity index (χ1) is 15.4. The Hall–Kier alpha value is -2.67. The molecule has 32 heavy (non-hydrogen) atoms. The number of rotatable bonds is 6. The summed E-state index contributed by atoms with van der Waals surface area (Å²) in [5, 5.41) is 9.72. The number of carbonyl (C=O) groups excluding carboxylic acids is 1. The molecule has 1 saturated heterocycles. The maximum Gasteiger partial charge on any atom is 0.233 e. The number of hydrogen-bond donors (Lipinski definition) is 0. The monoisotopic (exact) mass is 449 g/mol. The normalized spacial score (nSPS) is 18.8. The van der Waals surface area contributed by atoms with Crippen molar-refractivity contribution >= 4 is 17.7 Å². The van der Waals surface area contributed by atoms with E-state index < -0.39 is 0 Å². The number of pyridine rings is 1. The Morgan fingerprint density at radius 3 is 2.53 bits per heavy atom. The van der Waals surface area contributed by atoms with Gasteiger partial charge in [-0.3, -0.25) is 14.3 Å². The summed E-state index contributed by atoms with van der Waals surface area (Å²) in [6, 6.07) is 12.2. The predicted molar refractivity (Wildman–Crippen MR) is 129 cm³/mol. The first kappa shape index (κ1) is 22.5. The number of thioether (sulfide) groups is 1. The van der Waals surface area contributed by atoms with Crippen molar-refractivity contribution in [3.8, 4) is 17.1 Å². The molecule has 4 rings (SSSR count). The molecule has 2 aromatic heterocycles. The molecule has 1 fully saturated rings. The zero-order chi connectivity index (χ0) is 22.7. The van der Waals surface area contributed by atoms with E-state index in [0.29, 0.717) is 23.5 Å². The minimum absolute atomic E-state index is 0.169. The number of carbonyl (C=O) groups is 1. The molecule has 2 unspecified atom stereocenters. The number of hydrogen-bond acceptors (Lipinski definition) is 5. The largest absolute Gasteiger partial charge is 0.341 e.